The van der Waals surface area contributed by atoms with Gasteiger partial charge in [-0.05, 0) is 36.4 Å². The van der Waals surface area contributed by atoms with E-state index >= 15 is 0 Å². The van der Waals surface area contributed by atoms with Crippen molar-refractivity contribution in [1.29, 1.82) is 0 Å². The number of alkyl halides is 2. The van der Waals surface area contributed by atoms with Crippen LogP contribution in [-0.4, -0.2) is 32.5 Å². The Morgan fingerprint density at radius 1 is 1.17 bits per heavy atom. The number of nitrogens with one attached hydrogen (secondary N) is 1. The van der Waals surface area contributed by atoms with Gasteiger partial charge in [-0.3, -0.25) is 4.79 Å². The molecule has 7 nitrogen and oxygen atoms in total. The summed E-state index contributed by atoms with van der Waals surface area (Å²) in [5, 5.41) is 9.98. The number of anilines is 1. The molecule has 0 saturated heterocycles. The van der Waals surface area contributed by atoms with Crippen LogP contribution in [0.15, 0.2) is 55.0 Å². The van der Waals surface area contributed by atoms with E-state index in [0.29, 0.717) is 5.56 Å². The highest BCUT2D eigenvalue weighted by Crippen LogP contribution is 2.23. The molecule has 0 fully saturated rings. The van der Waals surface area contributed by atoms with Crippen LogP contribution in [0.3, 0.4) is 0 Å². The lowest BCUT2D eigenvalue weighted by Crippen LogP contribution is -2.15. The minimum Gasteiger partial charge on any atom is -0.431 e. The fourth-order valence-electron chi connectivity index (χ4n) is 1.97. The highest BCUT2D eigenvalue weighted by Gasteiger charge is 2.14. The number of carbonyl (C=O) groups excluding carboxylic acids is 1. The Labute approximate surface area is 134 Å². The van der Waals surface area contributed by atoms with Gasteiger partial charge >= 0.3 is 6.61 Å². The van der Waals surface area contributed by atoms with Crippen molar-refractivity contribution in [2.75, 3.05) is 5.32 Å². The fraction of sp³-hybridized carbons (Fsp3) is 0.0667. The Kier molecular flexibility index (Phi) is 4.41. The van der Waals surface area contributed by atoms with Gasteiger partial charge in [0.05, 0.1) is 18.1 Å². The number of hydrogen-bond donors (Lipinski definition) is 1. The monoisotopic (exact) mass is 331 g/mol. The molecule has 2 heterocycles. The summed E-state index contributed by atoms with van der Waals surface area (Å²) in [5.41, 5.74) is 1.05. The standard InChI is InChI=1S/C15H11F2N5O2/c16-15(17)24-12-2-1-7-18-13(12)20-14(23)10-3-5-11(6-4-10)22-9-8-19-21-22/h1-9,15H,(H,18,20,23). The van der Waals surface area contributed by atoms with Gasteiger partial charge in [-0.1, -0.05) is 5.21 Å². The van der Waals surface area contributed by atoms with E-state index in [9.17, 15) is 13.6 Å². The summed E-state index contributed by atoms with van der Waals surface area (Å²) in [5.74, 6) is -0.791. The van der Waals surface area contributed by atoms with Crippen LogP contribution >= 0.6 is 0 Å². The third-order valence-electron chi connectivity index (χ3n) is 3.04. The maximum Gasteiger partial charge on any atom is 0.387 e. The Hall–Kier alpha value is -3.36. The second-order valence-corrected chi connectivity index (χ2v) is 4.58. The van der Waals surface area contributed by atoms with Gasteiger partial charge in [0.2, 0.25) is 0 Å². The maximum atomic E-state index is 12.4. The van der Waals surface area contributed by atoms with Gasteiger partial charge in [0.15, 0.2) is 11.6 Å². The quantitative estimate of drug-likeness (QED) is 0.777. The molecule has 3 rings (SSSR count). The number of ether oxygens (including phenoxy) is 1. The minimum atomic E-state index is -3.01. The van der Waals surface area contributed by atoms with E-state index in [2.05, 4.69) is 25.3 Å². The molecule has 0 unspecified atom stereocenters. The van der Waals surface area contributed by atoms with Gasteiger partial charge in [0, 0.05) is 11.8 Å². The number of carbonyl (C=O) groups is 1. The predicted octanol–water partition coefficient (Wildman–Crippen LogP) is 2.52. The van der Waals surface area contributed by atoms with Gasteiger partial charge in [-0.2, -0.15) is 8.78 Å². The zero-order valence-corrected chi connectivity index (χ0v) is 12.1. The smallest absolute Gasteiger partial charge is 0.387 e. The van der Waals surface area contributed by atoms with Crippen LogP contribution in [0.4, 0.5) is 14.6 Å². The largest absolute Gasteiger partial charge is 0.431 e. The van der Waals surface area contributed by atoms with Crippen molar-refractivity contribution in [2.45, 2.75) is 6.61 Å². The third kappa shape index (κ3) is 3.51. The van der Waals surface area contributed by atoms with Crippen LogP contribution in [0.25, 0.3) is 5.69 Å². The first-order chi connectivity index (χ1) is 11.6. The highest BCUT2D eigenvalue weighted by atomic mass is 19.3. The number of nitrogens with zero attached hydrogens (tertiary/aromatic N) is 4. The van der Waals surface area contributed by atoms with E-state index in [-0.39, 0.29) is 11.6 Å². The summed E-state index contributed by atoms with van der Waals surface area (Å²) in [6.45, 7) is -3.01. The Morgan fingerprint density at radius 2 is 1.96 bits per heavy atom. The van der Waals surface area contributed by atoms with E-state index in [4.69, 9.17) is 0 Å². The number of amides is 1. The summed E-state index contributed by atoms with van der Waals surface area (Å²) in [4.78, 5) is 16.1. The third-order valence-corrected chi connectivity index (χ3v) is 3.04. The molecule has 122 valence electrons. The molecule has 0 atom stereocenters. The van der Waals surface area contributed by atoms with Crippen LogP contribution in [0.1, 0.15) is 10.4 Å². The average Bonchev–Trinajstić information content (AvgIpc) is 3.11. The van der Waals surface area contributed by atoms with Gasteiger partial charge in [-0.25, -0.2) is 9.67 Å². The van der Waals surface area contributed by atoms with E-state index in [1.54, 1.807) is 30.5 Å². The van der Waals surface area contributed by atoms with E-state index in [1.807, 2.05) is 0 Å². The summed E-state index contributed by atoms with van der Waals surface area (Å²) in [7, 11) is 0. The zero-order chi connectivity index (χ0) is 16.9. The second kappa shape index (κ2) is 6.82. The minimum absolute atomic E-state index is 0.0804. The van der Waals surface area contributed by atoms with Crippen molar-refractivity contribution in [3.63, 3.8) is 0 Å². The summed E-state index contributed by atoms with van der Waals surface area (Å²) in [6.07, 6.45) is 4.56. The number of aromatic nitrogens is 4. The van der Waals surface area contributed by atoms with Gasteiger partial charge in [-0.15, -0.1) is 5.10 Å². The second-order valence-electron chi connectivity index (χ2n) is 4.58. The lowest BCUT2D eigenvalue weighted by Gasteiger charge is -2.10. The molecule has 1 aromatic carbocycles. The molecule has 0 aliphatic heterocycles. The van der Waals surface area contributed by atoms with E-state index in [0.717, 1.165) is 5.69 Å². The first kappa shape index (κ1) is 15.5. The lowest BCUT2D eigenvalue weighted by atomic mass is 10.2. The molecular formula is C15H11F2N5O2. The maximum absolute atomic E-state index is 12.4. The number of halogens is 2. The molecule has 9 heteroatoms. The van der Waals surface area contributed by atoms with E-state index in [1.165, 1.54) is 29.2 Å². The SMILES string of the molecule is O=C(Nc1ncccc1OC(F)F)c1ccc(-n2ccnn2)cc1. The normalized spacial score (nSPS) is 10.6. The van der Waals surface area contributed by atoms with Gasteiger partial charge < -0.3 is 10.1 Å². The molecule has 0 saturated carbocycles. The number of hydrogen-bond acceptors (Lipinski definition) is 5. The van der Waals surface area contributed by atoms with Crippen molar-refractivity contribution < 1.29 is 18.3 Å². The van der Waals surface area contributed by atoms with Crippen LogP contribution < -0.4 is 10.1 Å². The highest BCUT2D eigenvalue weighted by molar-refractivity contribution is 6.04. The van der Waals surface area contributed by atoms with Crippen molar-refractivity contribution in [3.05, 3.63) is 60.6 Å². The molecule has 0 bridgehead atoms. The molecule has 0 aliphatic rings. The molecule has 1 N–H and O–H groups in total. The van der Waals surface area contributed by atoms with Crippen LogP contribution in [0.5, 0.6) is 5.75 Å². The topological polar surface area (TPSA) is 81.9 Å². The first-order valence-corrected chi connectivity index (χ1v) is 6.81. The van der Waals surface area contributed by atoms with Crippen molar-refractivity contribution in [3.8, 4) is 11.4 Å². The Balaban J connectivity index is 1.76. The molecule has 24 heavy (non-hydrogen) atoms. The van der Waals surface area contributed by atoms with E-state index < -0.39 is 12.5 Å². The lowest BCUT2D eigenvalue weighted by molar-refractivity contribution is -0.0495. The molecule has 0 aliphatic carbocycles. The van der Waals surface area contributed by atoms with Gasteiger partial charge in [0.25, 0.3) is 5.91 Å². The molecular weight excluding hydrogens is 320 g/mol. The number of benzene rings is 1. The fourth-order valence-corrected chi connectivity index (χ4v) is 1.97. The van der Waals surface area contributed by atoms with Crippen LogP contribution in [0.2, 0.25) is 0 Å². The summed E-state index contributed by atoms with van der Waals surface area (Å²) < 4.78 is 30.6. The van der Waals surface area contributed by atoms with Crippen molar-refractivity contribution in [2.24, 2.45) is 0 Å². The zero-order valence-electron chi connectivity index (χ0n) is 12.1. The number of pyridine rings is 1. The molecule has 0 spiro atoms. The molecule has 0 radical (unpaired) electrons. The first-order valence-electron chi connectivity index (χ1n) is 6.81. The molecule has 2 aromatic heterocycles. The summed E-state index contributed by atoms with van der Waals surface area (Å²) >= 11 is 0. The van der Waals surface area contributed by atoms with Crippen LogP contribution in [-0.2, 0) is 0 Å². The van der Waals surface area contributed by atoms with Crippen molar-refractivity contribution >= 4 is 11.7 Å². The molecule has 1 amide bonds. The van der Waals surface area contributed by atoms with Crippen LogP contribution in [0, 0.1) is 0 Å². The Bertz CT molecular complexity index is 822. The average molecular weight is 331 g/mol. The molecule has 3 aromatic rings. The Morgan fingerprint density at radius 3 is 2.62 bits per heavy atom. The predicted molar refractivity (Wildman–Crippen MR) is 80.2 cm³/mol. The van der Waals surface area contributed by atoms with Crippen molar-refractivity contribution in [1.82, 2.24) is 20.0 Å². The summed E-state index contributed by atoms with van der Waals surface area (Å²) in [6, 6.07) is 9.23. The number of rotatable bonds is 5. The van der Waals surface area contributed by atoms with Gasteiger partial charge in [0.1, 0.15) is 0 Å².